The normalized spacial score (nSPS) is 12.1. The number of carbonyl (C=O) groups excluding carboxylic acids is 1. The van der Waals surface area contributed by atoms with Crippen LogP contribution in [0.15, 0.2) is 0 Å². The van der Waals surface area contributed by atoms with Gasteiger partial charge in [0.15, 0.2) is 0 Å². The van der Waals surface area contributed by atoms with Crippen LogP contribution in [0.1, 0.15) is 46.0 Å². The lowest BCUT2D eigenvalue weighted by Crippen LogP contribution is -2.09. The van der Waals surface area contributed by atoms with Gasteiger partial charge < -0.3 is 9.84 Å². The summed E-state index contributed by atoms with van der Waals surface area (Å²) in [7, 11) is 0. The van der Waals surface area contributed by atoms with Crippen molar-refractivity contribution in [2.75, 3.05) is 6.61 Å². The largest absolute Gasteiger partial charge is 0.481 e. The molecule has 0 radical (unpaired) electrons. The molecule has 0 aliphatic rings. The van der Waals surface area contributed by atoms with Crippen molar-refractivity contribution in [2.24, 2.45) is 5.92 Å². The first-order chi connectivity index (χ1) is 7.07. The maximum absolute atomic E-state index is 10.9. The molecule has 15 heavy (non-hydrogen) atoms. The zero-order valence-corrected chi connectivity index (χ0v) is 9.49. The Morgan fingerprint density at radius 1 is 1.27 bits per heavy atom. The molecule has 0 aliphatic carbocycles. The van der Waals surface area contributed by atoms with Gasteiger partial charge in [0.1, 0.15) is 0 Å². The number of carbonyl (C=O) groups is 2. The van der Waals surface area contributed by atoms with Gasteiger partial charge >= 0.3 is 11.9 Å². The highest BCUT2D eigenvalue weighted by Gasteiger charge is 2.09. The van der Waals surface area contributed by atoms with Crippen molar-refractivity contribution < 1.29 is 19.4 Å². The van der Waals surface area contributed by atoms with Gasteiger partial charge in [0.05, 0.1) is 12.5 Å². The first-order valence-corrected chi connectivity index (χ1v) is 5.46. The Balaban J connectivity index is 3.32. The van der Waals surface area contributed by atoms with Crippen LogP contribution in [0.3, 0.4) is 0 Å². The molecule has 4 heteroatoms. The van der Waals surface area contributed by atoms with E-state index in [0.29, 0.717) is 19.4 Å². The van der Waals surface area contributed by atoms with E-state index in [1.807, 2.05) is 0 Å². The number of carboxylic acid groups (broad SMARTS) is 1. The van der Waals surface area contributed by atoms with Gasteiger partial charge in [-0.2, -0.15) is 0 Å². The minimum Gasteiger partial charge on any atom is -0.481 e. The Labute approximate surface area is 90.6 Å². The lowest BCUT2D eigenvalue weighted by molar-refractivity contribution is -0.143. The van der Waals surface area contributed by atoms with Gasteiger partial charge in [-0.1, -0.05) is 19.8 Å². The Kier molecular flexibility index (Phi) is 7.68. The highest BCUT2D eigenvalue weighted by Crippen LogP contribution is 2.10. The number of ether oxygens (including phenoxy) is 1. The molecule has 0 fully saturated rings. The van der Waals surface area contributed by atoms with E-state index in [1.165, 1.54) is 0 Å². The molecule has 1 atom stereocenters. The summed E-state index contributed by atoms with van der Waals surface area (Å²) in [4.78, 5) is 21.4. The van der Waals surface area contributed by atoms with Gasteiger partial charge in [0, 0.05) is 6.42 Å². The van der Waals surface area contributed by atoms with Gasteiger partial charge in [-0.05, 0) is 19.8 Å². The second-order valence-electron chi connectivity index (χ2n) is 3.64. The fraction of sp³-hybridized carbons (Fsp3) is 0.818. The third-order valence-electron chi connectivity index (χ3n) is 2.24. The lowest BCUT2D eigenvalue weighted by Gasteiger charge is -2.05. The molecule has 1 unspecified atom stereocenters. The molecule has 0 aliphatic heterocycles. The van der Waals surface area contributed by atoms with Crippen LogP contribution >= 0.6 is 0 Å². The fourth-order valence-corrected chi connectivity index (χ4v) is 1.25. The molecule has 4 nitrogen and oxygen atoms in total. The van der Waals surface area contributed by atoms with Crippen LogP contribution in [-0.4, -0.2) is 23.7 Å². The highest BCUT2D eigenvalue weighted by atomic mass is 16.5. The molecule has 0 bridgehead atoms. The van der Waals surface area contributed by atoms with Crippen molar-refractivity contribution in [1.82, 2.24) is 0 Å². The molecule has 88 valence electrons. The molecule has 0 aromatic heterocycles. The van der Waals surface area contributed by atoms with E-state index in [9.17, 15) is 9.59 Å². The van der Waals surface area contributed by atoms with Crippen LogP contribution in [0, 0.1) is 5.92 Å². The van der Waals surface area contributed by atoms with Crippen LogP contribution in [0.25, 0.3) is 0 Å². The molecule has 0 heterocycles. The number of esters is 1. The fourth-order valence-electron chi connectivity index (χ4n) is 1.25. The molecule has 1 N–H and O–H groups in total. The van der Waals surface area contributed by atoms with E-state index < -0.39 is 5.97 Å². The van der Waals surface area contributed by atoms with Gasteiger partial charge in [0.2, 0.25) is 0 Å². The van der Waals surface area contributed by atoms with Crippen molar-refractivity contribution >= 4 is 11.9 Å². The van der Waals surface area contributed by atoms with E-state index in [1.54, 1.807) is 13.8 Å². The average Bonchev–Trinajstić information content (AvgIpc) is 2.17. The Bertz CT molecular complexity index is 201. The van der Waals surface area contributed by atoms with Crippen LogP contribution in [-0.2, 0) is 14.3 Å². The number of carboxylic acids is 1. The number of rotatable bonds is 8. The van der Waals surface area contributed by atoms with Crippen molar-refractivity contribution in [2.45, 2.75) is 46.0 Å². The molecule has 0 spiro atoms. The summed E-state index contributed by atoms with van der Waals surface area (Å²) < 4.78 is 4.77. The summed E-state index contributed by atoms with van der Waals surface area (Å²) in [6, 6.07) is 0. The minimum atomic E-state index is -0.750. The van der Waals surface area contributed by atoms with E-state index >= 15 is 0 Å². The van der Waals surface area contributed by atoms with Gasteiger partial charge in [-0.3, -0.25) is 9.59 Å². The maximum atomic E-state index is 10.9. The predicted molar refractivity (Wildman–Crippen MR) is 56.5 cm³/mol. The molecule has 0 rings (SSSR count). The third kappa shape index (κ3) is 7.97. The van der Waals surface area contributed by atoms with E-state index in [-0.39, 0.29) is 11.9 Å². The number of hydrogen-bond donors (Lipinski definition) is 1. The predicted octanol–water partition coefficient (Wildman–Crippen LogP) is 2.22. The van der Waals surface area contributed by atoms with Crippen molar-refractivity contribution in [3.05, 3.63) is 0 Å². The summed E-state index contributed by atoms with van der Waals surface area (Å²) in [6.07, 6.45) is 3.64. The van der Waals surface area contributed by atoms with E-state index in [0.717, 1.165) is 19.3 Å². The van der Waals surface area contributed by atoms with Crippen LogP contribution < -0.4 is 0 Å². The number of hydrogen-bond acceptors (Lipinski definition) is 3. The van der Waals surface area contributed by atoms with Crippen LogP contribution in [0.4, 0.5) is 0 Å². The monoisotopic (exact) mass is 216 g/mol. The molecular weight excluding hydrogens is 196 g/mol. The zero-order chi connectivity index (χ0) is 11.7. The molecule has 0 aromatic rings. The van der Waals surface area contributed by atoms with Gasteiger partial charge in [-0.25, -0.2) is 0 Å². The average molecular weight is 216 g/mol. The second kappa shape index (κ2) is 8.26. The maximum Gasteiger partial charge on any atom is 0.306 e. The summed E-state index contributed by atoms with van der Waals surface area (Å²) in [5.74, 6) is -1.20. The Morgan fingerprint density at radius 3 is 2.47 bits per heavy atom. The Hall–Kier alpha value is -1.06. The van der Waals surface area contributed by atoms with Crippen molar-refractivity contribution in [3.63, 3.8) is 0 Å². The smallest absolute Gasteiger partial charge is 0.306 e. The standard InChI is InChI=1S/C11H20O4/c1-3-15-10(12)8-6-4-5-7-9(2)11(13)14/h9H,3-8H2,1-2H3,(H,13,14). The van der Waals surface area contributed by atoms with Gasteiger partial charge in [-0.15, -0.1) is 0 Å². The topological polar surface area (TPSA) is 63.6 Å². The zero-order valence-electron chi connectivity index (χ0n) is 9.49. The summed E-state index contributed by atoms with van der Waals surface area (Å²) in [6.45, 7) is 3.91. The molecule has 0 aromatic carbocycles. The quantitative estimate of drug-likeness (QED) is 0.499. The summed E-state index contributed by atoms with van der Waals surface area (Å²) in [5.41, 5.74) is 0. The summed E-state index contributed by atoms with van der Waals surface area (Å²) in [5, 5.41) is 8.62. The first-order valence-electron chi connectivity index (χ1n) is 5.46. The second-order valence-corrected chi connectivity index (χ2v) is 3.64. The van der Waals surface area contributed by atoms with E-state index in [4.69, 9.17) is 9.84 Å². The van der Waals surface area contributed by atoms with Crippen LogP contribution in [0.2, 0.25) is 0 Å². The van der Waals surface area contributed by atoms with Crippen molar-refractivity contribution in [1.29, 1.82) is 0 Å². The highest BCUT2D eigenvalue weighted by molar-refractivity contribution is 5.69. The minimum absolute atomic E-state index is 0.163. The van der Waals surface area contributed by atoms with E-state index in [2.05, 4.69) is 0 Å². The SMILES string of the molecule is CCOC(=O)CCCCCC(C)C(=O)O. The van der Waals surface area contributed by atoms with Crippen molar-refractivity contribution in [3.8, 4) is 0 Å². The first kappa shape index (κ1) is 13.9. The van der Waals surface area contributed by atoms with Crippen LogP contribution in [0.5, 0.6) is 0 Å². The molecule has 0 amide bonds. The molecule has 0 saturated carbocycles. The molecular formula is C11H20O4. The molecule has 0 saturated heterocycles. The third-order valence-corrected chi connectivity index (χ3v) is 2.24. The number of unbranched alkanes of at least 4 members (excludes halogenated alkanes) is 2. The lowest BCUT2D eigenvalue weighted by atomic mass is 10.0. The summed E-state index contributed by atoms with van der Waals surface area (Å²) >= 11 is 0. The van der Waals surface area contributed by atoms with Gasteiger partial charge in [0.25, 0.3) is 0 Å². The number of aliphatic carboxylic acids is 1. The Morgan fingerprint density at radius 2 is 1.93 bits per heavy atom.